The van der Waals surface area contributed by atoms with Crippen LogP contribution in [-0.2, 0) is 9.84 Å². The van der Waals surface area contributed by atoms with E-state index in [0.29, 0.717) is 10.9 Å². The smallest absolute Gasteiger partial charge is 0.254 e. The minimum atomic E-state index is -3.33. The molecule has 8 heteroatoms. The monoisotopic (exact) mass is 416 g/mol. The number of nitrogens with one attached hydrogen (secondary N) is 1. The van der Waals surface area contributed by atoms with Gasteiger partial charge in [0.05, 0.1) is 16.2 Å². The molecule has 5 nitrogen and oxygen atoms in total. The molecular weight excluding hydrogens is 404 g/mol. The number of benzene rings is 1. The van der Waals surface area contributed by atoms with Crippen molar-refractivity contribution in [3.8, 4) is 0 Å². The summed E-state index contributed by atoms with van der Waals surface area (Å²) in [6, 6.07) is 9.79. The zero-order chi connectivity index (χ0) is 16.9. The molecule has 2 rings (SSSR count). The highest BCUT2D eigenvalue weighted by Crippen LogP contribution is 2.18. The number of carbonyl (C=O) groups excluding carboxylic acids is 1. The summed E-state index contributed by atoms with van der Waals surface area (Å²) in [5.41, 5.74) is 0.243. The highest BCUT2D eigenvalue weighted by Gasteiger charge is 2.15. The van der Waals surface area contributed by atoms with Gasteiger partial charge >= 0.3 is 0 Å². The van der Waals surface area contributed by atoms with Gasteiger partial charge in [0.1, 0.15) is 5.15 Å². The molecule has 0 aliphatic heterocycles. The fourth-order valence-electron chi connectivity index (χ4n) is 1.89. The largest absolute Gasteiger partial charge is 0.352 e. The highest BCUT2D eigenvalue weighted by atomic mass is 79.9. The van der Waals surface area contributed by atoms with E-state index in [1.807, 2.05) is 0 Å². The number of pyridine rings is 1. The minimum Gasteiger partial charge on any atom is -0.352 e. The Hall–Kier alpha value is -1.44. The van der Waals surface area contributed by atoms with Gasteiger partial charge in [-0.25, -0.2) is 13.4 Å². The Morgan fingerprint density at radius 3 is 2.65 bits per heavy atom. The van der Waals surface area contributed by atoms with Crippen molar-refractivity contribution in [1.82, 2.24) is 10.3 Å². The first-order valence-corrected chi connectivity index (χ1v) is 9.59. The summed E-state index contributed by atoms with van der Waals surface area (Å²) in [6.45, 7) is 0.230. The first kappa shape index (κ1) is 17.9. The molecule has 23 heavy (non-hydrogen) atoms. The molecule has 1 aromatic heterocycles. The summed E-state index contributed by atoms with van der Waals surface area (Å²) < 4.78 is 24.8. The van der Waals surface area contributed by atoms with Crippen molar-refractivity contribution in [3.05, 3.63) is 57.8 Å². The maximum absolute atomic E-state index is 12.1. The van der Waals surface area contributed by atoms with Gasteiger partial charge in [0.25, 0.3) is 5.91 Å². The fraction of sp³-hybridized carbons (Fsp3) is 0.200. The first-order valence-electron chi connectivity index (χ1n) is 6.77. The summed E-state index contributed by atoms with van der Waals surface area (Å²) >= 11 is 9.09. The Bertz CT molecular complexity index is 798. The van der Waals surface area contributed by atoms with E-state index < -0.39 is 9.84 Å². The van der Waals surface area contributed by atoms with Crippen LogP contribution in [0.1, 0.15) is 16.8 Å². The maximum atomic E-state index is 12.1. The van der Waals surface area contributed by atoms with Crippen LogP contribution in [0.3, 0.4) is 0 Å². The Morgan fingerprint density at radius 2 is 1.96 bits per heavy atom. The topological polar surface area (TPSA) is 76.1 Å². The molecule has 0 saturated heterocycles. The van der Waals surface area contributed by atoms with Crippen LogP contribution in [0.25, 0.3) is 0 Å². The van der Waals surface area contributed by atoms with Crippen molar-refractivity contribution in [3.63, 3.8) is 0 Å². The average molecular weight is 418 g/mol. The van der Waals surface area contributed by atoms with E-state index in [1.54, 1.807) is 36.4 Å². The number of rotatable bonds is 6. The van der Waals surface area contributed by atoms with Crippen LogP contribution in [0.5, 0.6) is 0 Å². The second kappa shape index (κ2) is 7.90. The minimum absolute atomic E-state index is 0.0399. The molecule has 0 aliphatic rings. The third kappa shape index (κ3) is 5.02. The Kier molecular flexibility index (Phi) is 6.15. The van der Waals surface area contributed by atoms with Gasteiger partial charge in [-0.3, -0.25) is 4.79 Å². The lowest BCUT2D eigenvalue weighted by Gasteiger charge is -2.07. The highest BCUT2D eigenvalue weighted by molar-refractivity contribution is 9.10. The zero-order valence-corrected chi connectivity index (χ0v) is 15.2. The lowest BCUT2D eigenvalue weighted by atomic mass is 10.2. The van der Waals surface area contributed by atoms with Crippen molar-refractivity contribution in [2.45, 2.75) is 11.3 Å². The summed E-state index contributed by atoms with van der Waals surface area (Å²) in [5, 5.41) is 2.74. The molecule has 0 atom stereocenters. The maximum Gasteiger partial charge on any atom is 0.254 e. The standard InChI is InChI=1S/C15H14BrClN2O3S/c16-11-9-13(14(17)19-10-11)15(20)18-7-4-8-23(21,22)12-5-2-1-3-6-12/h1-3,5-6,9-10H,4,7-8H2,(H,18,20). The number of amides is 1. The normalized spacial score (nSPS) is 11.2. The molecule has 0 bridgehead atoms. The molecule has 2 aromatic rings. The van der Waals surface area contributed by atoms with E-state index in [4.69, 9.17) is 11.6 Å². The quantitative estimate of drug-likeness (QED) is 0.579. The van der Waals surface area contributed by atoms with E-state index in [0.717, 1.165) is 0 Å². The van der Waals surface area contributed by atoms with Crippen LogP contribution in [-0.4, -0.2) is 31.6 Å². The van der Waals surface area contributed by atoms with Crippen molar-refractivity contribution in [2.75, 3.05) is 12.3 Å². The second-order valence-electron chi connectivity index (χ2n) is 4.73. The molecule has 1 N–H and O–H groups in total. The van der Waals surface area contributed by atoms with E-state index >= 15 is 0 Å². The summed E-state index contributed by atoms with van der Waals surface area (Å²) in [6.07, 6.45) is 1.80. The predicted octanol–water partition coefficient (Wildman–Crippen LogP) is 3.09. The Balaban J connectivity index is 1.88. The molecule has 0 aliphatic carbocycles. The fourth-order valence-corrected chi connectivity index (χ4v) is 3.74. The van der Waals surface area contributed by atoms with Gasteiger partial charge in [-0.2, -0.15) is 0 Å². The van der Waals surface area contributed by atoms with E-state index in [9.17, 15) is 13.2 Å². The molecule has 122 valence electrons. The van der Waals surface area contributed by atoms with Crippen LogP contribution in [0.4, 0.5) is 0 Å². The number of hydrogen-bond acceptors (Lipinski definition) is 4. The van der Waals surface area contributed by atoms with Gasteiger partial charge in [0.2, 0.25) is 0 Å². The molecular formula is C15H14BrClN2O3S. The molecule has 0 unspecified atom stereocenters. The lowest BCUT2D eigenvalue weighted by molar-refractivity contribution is 0.0953. The SMILES string of the molecule is O=C(NCCCS(=O)(=O)c1ccccc1)c1cc(Br)cnc1Cl. The van der Waals surface area contributed by atoms with Crippen molar-refractivity contribution in [2.24, 2.45) is 0 Å². The Morgan fingerprint density at radius 1 is 1.26 bits per heavy atom. The summed E-state index contributed by atoms with van der Waals surface area (Å²) in [5.74, 6) is -0.428. The third-order valence-corrected chi connectivity index (χ3v) is 5.58. The van der Waals surface area contributed by atoms with Gasteiger partial charge in [-0.05, 0) is 40.5 Å². The molecule has 0 radical (unpaired) electrons. The van der Waals surface area contributed by atoms with Gasteiger partial charge in [0, 0.05) is 17.2 Å². The molecule has 0 fully saturated rings. The van der Waals surface area contributed by atoms with E-state index in [2.05, 4.69) is 26.2 Å². The average Bonchev–Trinajstić information content (AvgIpc) is 2.54. The second-order valence-corrected chi connectivity index (χ2v) is 8.12. The van der Waals surface area contributed by atoms with Crippen molar-refractivity contribution >= 4 is 43.3 Å². The van der Waals surface area contributed by atoms with Crippen LogP contribution in [0.2, 0.25) is 5.15 Å². The van der Waals surface area contributed by atoms with Crippen LogP contribution in [0, 0.1) is 0 Å². The number of hydrogen-bond donors (Lipinski definition) is 1. The van der Waals surface area contributed by atoms with Gasteiger partial charge in [-0.15, -0.1) is 0 Å². The molecule has 0 saturated carbocycles. The number of aromatic nitrogens is 1. The third-order valence-electron chi connectivity index (χ3n) is 3.03. The first-order chi connectivity index (χ1) is 10.9. The van der Waals surface area contributed by atoms with Gasteiger partial charge in [-0.1, -0.05) is 29.8 Å². The van der Waals surface area contributed by atoms with Crippen molar-refractivity contribution in [1.29, 1.82) is 0 Å². The summed E-state index contributed by atoms with van der Waals surface area (Å²) in [7, 11) is -3.33. The van der Waals surface area contributed by atoms with Crippen molar-refractivity contribution < 1.29 is 13.2 Å². The predicted molar refractivity (Wildman–Crippen MR) is 92.4 cm³/mol. The van der Waals surface area contributed by atoms with E-state index in [1.165, 1.54) is 6.20 Å². The van der Waals surface area contributed by atoms with Crippen LogP contribution in [0.15, 0.2) is 52.0 Å². The van der Waals surface area contributed by atoms with Crippen LogP contribution >= 0.6 is 27.5 Å². The van der Waals surface area contributed by atoms with Gasteiger partial charge < -0.3 is 5.32 Å². The van der Waals surface area contributed by atoms with E-state index in [-0.39, 0.29) is 33.8 Å². The molecule has 0 spiro atoms. The molecule has 1 aromatic carbocycles. The molecule has 1 heterocycles. The Labute approximate surface area is 148 Å². The molecule has 1 amide bonds. The number of halogens is 2. The van der Waals surface area contributed by atoms with Gasteiger partial charge in [0.15, 0.2) is 9.84 Å². The lowest BCUT2D eigenvalue weighted by Crippen LogP contribution is -2.26. The zero-order valence-electron chi connectivity index (χ0n) is 12.0. The summed E-state index contributed by atoms with van der Waals surface area (Å²) in [4.78, 5) is 16.2. The number of nitrogens with zero attached hydrogens (tertiary/aromatic N) is 1. The van der Waals surface area contributed by atoms with Crippen LogP contribution < -0.4 is 5.32 Å². The number of carbonyl (C=O) groups is 1. The number of sulfone groups is 1.